The lowest BCUT2D eigenvalue weighted by Crippen LogP contribution is -2.66. The van der Waals surface area contributed by atoms with E-state index in [1.807, 2.05) is 6.92 Å². The highest BCUT2D eigenvalue weighted by Crippen LogP contribution is 2.36. The van der Waals surface area contributed by atoms with Crippen LogP contribution in [0.15, 0.2) is 0 Å². The van der Waals surface area contributed by atoms with Crippen LogP contribution >= 0.6 is 0 Å². The molecule has 2 saturated heterocycles. The summed E-state index contributed by atoms with van der Waals surface area (Å²) in [5.74, 6) is -0.397. The minimum absolute atomic E-state index is 0.0603. The third-order valence-corrected chi connectivity index (χ3v) is 7.99. The number of hydrogen-bond acceptors (Lipinski definition) is 15. The lowest BCUT2D eigenvalue weighted by molar-refractivity contribution is -0.320. The van der Waals surface area contributed by atoms with Gasteiger partial charge in [-0.2, -0.15) is 0 Å². The molecule has 15 heteroatoms. The molecular formula is C24H49N5O10. The van der Waals surface area contributed by atoms with Gasteiger partial charge in [-0.05, 0) is 38.1 Å². The van der Waals surface area contributed by atoms with Crippen molar-refractivity contribution in [2.75, 3.05) is 26.2 Å². The van der Waals surface area contributed by atoms with Crippen molar-refractivity contribution in [3.8, 4) is 0 Å². The predicted octanol–water partition coefficient (Wildman–Crippen LogP) is -5.26. The fourth-order valence-electron chi connectivity index (χ4n) is 5.56. The van der Waals surface area contributed by atoms with Gasteiger partial charge in [0, 0.05) is 19.1 Å². The molecular weight excluding hydrogens is 518 g/mol. The fraction of sp³-hybridized carbons (Fsp3) is 1.00. The van der Waals surface area contributed by atoms with Crippen molar-refractivity contribution < 1.29 is 49.6 Å². The lowest BCUT2D eigenvalue weighted by atomic mass is 9.77. The third-order valence-electron chi connectivity index (χ3n) is 7.99. The molecule has 1 unspecified atom stereocenters. The van der Waals surface area contributed by atoms with Crippen LogP contribution in [0.25, 0.3) is 0 Å². The van der Waals surface area contributed by atoms with Crippen molar-refractivity contribution >= 4 is 0 Å². The summed E-state index contributed by atoms with van der Waals surface area (Å²) >= 11 is 0. The van der Waals surface area contributed by atoms with Crippen LogP contribution < -0.4 is 28.3 Å². The monoisotopic (exact) mass is 567 g/mol. The second-order valence-electron chi connectivity index (χ2n) is 10.9. The molecule has 0 spiro atoms. The summed E-state index contributed by atoms with van der Waals surface area (Å²) in [5, 5.41) is 65.4. The van der Waals surface area contributed by atoms with Gasteiger partial charge in [0.25, 0.3) is 0 Å². The van der Waals surface area contributed by atoms with E-state index < -0.39 is 98.2 Å². The molecule has 0 aromatic heterocycles. The van der Waals surface area contributed by atoms with E-state index in [-0.39, 0.29) is 13.0 Å². The van der Waals surface area contributed by atoms with Crippen LogP contribution in [0.2, 0.25) is 0 Å². The normalized spacial score (nSPS) is 46.2. The van der Waals surface area contributed by atoms with Crippen molar-refractivity contribution in [1.29, 1.82) is 0 Å². The average molecular weight is 568 g/mol. The Hall–Kier alpha value is -0.600. The maximum absolute atomic E-state index is 11.5. The summed E-state index contributed by atoms with van der Waals surface area (Å²) < 4.78 is 23.7. The highest BCUT2D eigenvalue weighted by atomic mass is 16.7. The minimum atomic E-state index is -1.45. The molecule has 0 bridgehead atoms. The van der Waals surface area contributed by atoms with Gasteiger partial charge in [0.15, 0.2) is 12.6 Å². The zero-order chi connectivity index (χ0) is 28.9. The molecule has 2 aliphatic heterocycles. The molecule has 0 amide bonds. The number of nitrogens with one attached hydrogen (secondary N) is 1. The molecule has 15 N–H and O–H groups in total. The second-order valence-corrected chi connectivity index (χ2v) is 10.9. The van der Waals surface area contributed by atoms with Gasteiger partial charge in [0.2, 0.25) is 0 Å². The summed E-state index contributed by atoms with van der Waals surface area (Å²) in [4.78, 5) is 0. The van der Waals surface area contributed by atoms with Gasteiger partial charge in [0.1, 0.15) is 30.5 Å². The zero-order valence-corrected chi connectivity index (χ0v) is 22.4. The maximum Gasteiger partial charge on any atom is 0.186 e. The Kier molecular flexibility index (Phi) is 12.7. The van der Waals surface area contributed by atoms with Crippen LogP contribution in [0, 0.1) is 5.92 Å². The molecule has 15 nitrogen and oxygen atoms in total. The molecule has 1 aliphatic carbocycles. The molecule has 15 atom stereocenters. The largest absolute Gasteiger partial charge is 0.394 e. The maximum atomic E-state index is 11.5. The van der Waals surface area contributed by atoms with E-state index in [0.717, 1.165) is 0 Å². The van der Waals surface area contributed by atoms with E-state index in [1.165, 1.54) is 0 Å². The molecule has 230 valence electrons. The van der Waals surface area contributed by atoms with Gasteiger partial charge in [-0.1, -0.05) is 6.92 Å². The van der Waals surface area contributed by atoms with Crippen molar-refractivity contribution in [3.05, 3.63) is 0 Å². The number of aliphatic hydroxyl groups excluding tert-OH is 6. The van der Waals surface area contributed by atoms with Crippen molar-refractivity contribution in [2.24, 2.45) is 28.9 Å². The first-order chi connectivity index (χ1) is 18.5. The Morgan fingerprint density at radius 3 is 2.21 bits per heavy atom. The lowest BCUT2D eigenvalue weighted by Gasteiger charge is -2.48. The molecule has 1 saturated carbocycles. The van der Waals surface area contributed by atoms with Crippen LogP contribution in [-0.4, -0.2) is 143 Å². The van der Waals surface area contributed by atoms with Gasteiger partial charge in [-0.25, -0.2) is 0 Å². The Bertz CT molecular complexity index is 729. The highest BCUT2D eigenvalue weighted by molar-refractivity contribution is 4.99. The Labute approximate surface area is 228 Å². The molecule has 3 aliphatic rings. The quantitative estimate of drug-likeness (QED) is 0.105. The van der Waals surface area contributed by atoms with E-state index in [0.29, 0.717) is 32.4 Å². The molecule has 3 rings (SSSR count). The molecule has 0 aromatic carbocycles. The van der Waals surface area contributed by atoms with E-state index >= 15 is 0 Å². The second kappa shape index (κ2) is 15.0. The Morgan fingerprint density at radius 2 is 1.56 bits per heavy atom. The molecule has 0 radical (unpaired) electrons. The van der Waals surface area contributed by atoms with Crippen LogP contribution in [-0.2, 0) is 18.9 Å². The summed E-state index contributed by atoms with van der Waals surface area (Å²) in [7, 11) is 0. The molecule has 0 aromatic rings. The zero-order valence-electron chi connectivity index (χ0n) is 22.4. The predicted molar refractivity (Wildman–Crippen MR) is 138 cm³/mol. The fourth-order valence-corrected chi connectivity index (χ4v) is 5.56. The molecule has 39 heavy (non-hydrogen) atoms. The number of likely N-dealkylation sites (N-methyl/N-ethyl adjacent to an activating group) is 1. The number of aliphatic hydroxyl groups is 6. The van der Waals surface area contributed by atoms with Gasteiger partial charge < -0.3 is 77.8 Å². The third kappa shape index (κ3) is 8.03. The van der Waals surface area contributed by atoms with Crippen LogP contribution in [0.5, 0.6) is 0 Å². The minimum Gasteiger partial charge on any atom is -0.394 e. The summed E-state index contributed by atoms with van der Waals surface area (Å²) in [6, 6.07) is -2.51. The smallest absolute Gasteiger partial charge is 0.186 e. The molecule has 3 fully saturated rings. The molecule has 2 heterocycles. The summed E-state index contributed by atoms with van der Waals surface area (Å²) in [6.07, 6.45) is -10.4. The van der Waals surface area contributed by atoms with Crippen LogP contribution in [0.3, 0.4) is 0 Å². The van der Waals surface area contributed by atoms with Gasteiger partial charge >= 0.3 is 0 Å². The highest BCUT2D eigenvalue weighted by Gasteiger charge is 2.50. The summed E-state index contributed by atoms with van der Waals surface area (Å²) in [5.41, 5.74) is 24.2. The Balaban J connectivity index is 1.78. The number of rotatable bonds is 12. The SMILES string of the molecule is CCNC[C@H]1O[C@H](O[C@H]2[C@H](O)[C@@H](O[C@H]3O[C@H](CO)[C@@H](O)[C@H](N)[C@H]3O)[C@H](CCC(O)CN)C[C@@H]2N)[C@H](N)C[C@@H]1O. The van der Waals surface area contributed by atoms with Crippen molar-refractivity contribution in [2.45, 2.75) is 118 Å². The van der Waals surface area contributed by atoms with E-state index in [9.17, 15) is 30.6 Å². The van der Waals surface area contributed by atoms with Gasteiger partial charge in [-0.3, -0.25) is 0 Å². The van der Waals surface area contributed by atoms with Crippen LogP contribution in [0.1, 0.15) is 32.6 Å². The van der Waals surface area contributed by atoms with Crippen LogP contribution in [0.4, 0.5) is 0 Å². The topological polar surface area (TPSA) is 274 Å². The number of nitrogens with two attached hydrogens (primary N) is 4. The van der Waals surface area contributed by atoms with Gasteiger partial charge in [0.05, 0.1) is 43.1 Å². The first-order valence-corrected chi connectivity index (χ1v) is 13.8. The van der Waals surface area contributed by atoms with Crippen molar-refractivity contribution in [3.63, 3.8) is 0 Å². The van der Waals surface area contributed by atoms with Crippen molar-refractivity contribution in [1.82, 2.24) is 5.32 Å². The van der Waals surface area contributed by atoms with E-state index in [4.69, 9.17) is 41.9 Å². The number of ether oxygens (including phenoxy) is 4. The standard InChI is InChI=1S/C24H49N5O10/c1-2-29-8-15-14(32)6-13(27)23(36-15)39-22-12(26)5-10(3-4-11(31)7-25)21(20(22)35)38-24-19(34)17(28)18(33)16(9-30)37-24/h10-24,29-35H,2-9,25-28H2,1H3/t10-,11?,12+,13-,14+,15-,16-,17+,18-,19-,20-,21+,22-,23-,24-/m1/s1. The summed E-state index contributed by atoms with van der Waals surface area (Å²) in [6.45, 7) is 2.50. The van der Waals surface area contributed by atoms with E-state index in [1.54, 1.807) is 0 Å². The van der Waals surface area contributed by atoms with E-state index in [2.05, 4.69) is 5.32 Å². The Morgan fingerprint density at radius 1 is 0.897 bits per heavy atom. The first-order valence-electron chi connectivity index (χ1n) is 13.8. The number of hydrogen-bond donors (Lipinski definition) is 11. The average Bonchev–Trinajstić information content (AvgIpc) is 2.91. The van der Waals surface area contributed by atoms with Gasteiger partial charge in [-0.15, -0.1) is 0 Å². The first kappa shape index (κ1) is 32.9.